The van der Waals surface area contributed by atoms with Crippen LogP contribution in [0.1, 0.15) is 26.3 Å². The highest BCUT2D eigenvalue weighted by atomic mass is 16.5. The van der Waals surface area contributed by atoms with Gasteiger partial charge in [-0.2, -0.15) is 0 Å². The number of benzene rings is 1. The van der Waals surface area contributed by atoms with Crippen molar-refractivity contribution in [2.45, 2.75) is 32.8 Å². The number of carbonyl (C=O) groups is 1. The second-order valence-corrected chi connectivity index (χ2v) is 4.23. The number of hydrogen-bond donors (Lipinski definition) is 1. The average Bonchev–Trinajstić information content (AvgIpc) is 2.05. The van der Waals surface area contributed by atoms with Crippen LogP contribution in [0.15, 0.2) is 24.3 Å². The molecule has 1 aromatic carbocycles. The third kappa shape index (κ3) is 4.61. The van der Waals surface area contributed by atoms with Gasteiger partial charge in [0.15, 0.2) is 0 Å². The molecule has 0 unspecified atom stereocenters. The van der Waals surface area contributed by atoms with Gasteiger partial charge in [-0.3, -0.25) is 4.79 Å². The van der Waals surface area contributed by atoms with Crippen molar-refractivity contribution in [3.05, 3.63) is 29.8 Å². The fourth-order valence-corrected chi connectivity index (χ4v) is 1.34. The molecule has 0 bridgehead atoms. The lowest BCUT2D eigenvalue weighted by molar-refractivity contribution is -0.131. The highest BCUT2D eigenvalue weighted by Crippen LogP contribution is 2.16. The molecule has 0 aliphatic rings. The summed E-state index contributed by atoms with van der Waals surface area (Å²) < 4.78 is 4.90. The van der Waals surface area contributed by atoms with Gasteiger partial charge in [-0.25, -0.2) is 0 Å². The molecule has 0 aliphatic heterocycles. The van der Waals surface area contributed by atoms with E-state index >= 15 is 0 Å². The number of esters is 1. The Morgan fingerprint density at radius 1 is 1.33 bits per heavy atom. The first-order valence-electron chi connectivity index (χ1n) is 4.86. The lowest BCUT2D eigenvalue weighted by Crippen LogP contribution is -2.21. The van der Waals surface area contributed by atoms with Gasteiger partial charge in [0.25, 0.3) is 0 Å². The molecule has 0 heterocycles. The molecule has 15 heavy (non-hydrogen) atoms. The zero-order valence-corrected chi connectivity index (χ0v) is 9.28. The molecule has 1 aromatic rings. The fourth-order valence-electron chi connectivity index (χ4n) is 1.34. The SMILES string of the molecule is CC(=O)Oc1ccc(CC(C)(C)O)cc1. The number of hydrogen-bond acceptors (Lipinski definition) is 3. The predicted octanol–water partition coefficient (Wildman–Crippen LogP) is 1.93. The van der Waals surface area contributed by atoms with Gasteiger partial charge in [-0.05, 0) is 31.5 Å². The summed E-state index contributed by atoms with van der Waals surface area (Å²) in [5.74, 6) is 0.201. The van der Waals surface area contributed by atoms with E-state index in [0.717, 1.165) is 5.56 Å². The van der Waals surface area contributed by atoms with Crippen LogP contribution in [-0.4, -0.2) is 16.7 Å². The summed E-state index contributed by atoms with van der Waals surface area (Å²) in [7, 11) is 0. The molecule has 0 amide bonds. The summed E-state index contributed by atoms with van der Waals surface area (Å²) in [6, 6.07) is 7.14. The average molecular weight is 208 g/mol. The van der Waals surface area contributed by atoms with Crippen molar-refractivity contribution in [3.8, 4) is 5.75 Å². The van der Waals surface area contributed by atoms with E-state index in [1.165, 1.54) is 6.92 Å². The minimum absolute atomic E-state index is 0.328. The summed E-state index contributed by atoms with van der Waals surface area (Å²) in [6.07, 6.45) is 0.577. The van der Waals surface area contributed by atoms with Crippen molar-refractivity contribution >= 4 is 5.97 Å². The van der Waals surface area contributed by atoms with E-state index in [4.69, 9.17) is 4.74 Å². The smallest absolute Gasteiger partial charge is 0.308 e. The highest BCUT2D eigenvalue weighted by molar-refractivity contribution is 5.69. The van der Waals surface area contributed by atoms with Crippen LogP contribution in [0, 0.1) is 0 Å². The van der Waals surface area contributed by atoms with Crippen LogP contribution in [-0.2, 0) is 11.2 Å². The van der Waals surface area contributed by atoms with Crippen LogP contribution in [0.25, 0.3) is 0 Å². The third-order valence-electron chi connectivity index (χ3n) is 1.82. The van der Waals surface area contributed by atoms with E-state index in [2.05, 4.69) is 0 Å². The topological polar surface area (TPSA) is 46.5 Å². The Morgan fingerprint density at radius 3 is 2.27 bits per heavy atom. The first-order valence-corrected chi connectivity index (χ1v) is 4.86. The number of ether oxygens (including phenoxy) is 1. The van der Waals surface area contributed by atoms with E-state index in [1.807, 2.05) is 12.1 Å². The van der Waals surface area contributed by atoms with Crippen LogP contribution in [0.4, 0.5) is 0 Å². The summed E-state index contributed by atoms with van der Waals surface area (Å²) in [4.78, 5) is 10.7. The van der Waals surface area contributed by atoms with Gasteiger partial charge in [-0.15, -0.1) is 0 Å². The Kier molecular flexibility index (Phi) is 3.48. The molecule has 3 nitrogen and oxygen atoms in total. The number of aliphatic hydroxyl groups is 1. The summed E-state index contributed by atoms with van der Waals surface area (Å²) >= 11 is 0. The van der Waals surface area contributed by atoms with Crippen molar-refractivity contribution in [1.29, 1.82) is 0 Å². The van der Waals surface area contributed by atoms with Crippen LogP contribution < -0.4 is 4.74 Å². The zero-order valence-electron chi connectivity index (χ0n) is 9.28. The van der Waals surface area contributed by atoms with Crippen molar-refractivity contribution in [2.24, 2.45) is 0 Å². The summed E-state index contributed by atoms with van der Waals surface area (Å²) in [6.45, 7) is 4.88. The molecular formula is C12H16O3. The molecule has 82 valence electrons. The maximum Gasteiger partial charge on any atom is 0.308 e. The van der Waals surface area contributed by atoms with Gasteiger partial charge in [-0.1, -0.05) is 12.1 Å². The van der Waals surface area contributed by atoms with Crippen molar-refractivity contribution < 1.29 is 14.6 Å². The van der Waals surface area contributed by atoms with Gasteiger partial charge < -0.3 is 9.84 Å². The normalized spacial score (nSPS) is 11.2. The number of carbonyl (C=O) groups excluding carboxylic acids is 1. The van der Waals surface area contributed by atoms with Gasteiger partial charge in [0.05, 0.1) is 5.60 Å². The Labute approximate surface area is 89.7 Å². The maximum atomic E-state index is 10.7. The zero-order chi connectivity index (χ0) is 11.5. The molecule has 0 aromatic heterocycles. The second kappa shape index (κ2) is 4.45. The summed E-state index contributed by atoms with van der Waals surface area (Å²) in [5.41, 5.74) is 0.293. The maximum absolute atomic E-state index is 10.7. The molecule has 3 heteroatoms. The standard InChI is InChI=1S/C12H16O3/c1-9(13)15-11-6-4-10(5-7-11)8-12(2,3)14/h4-7,14H,8H2,1-3H3. The van der Waals surface area contributed by atoms with Crippen LogP contribution >= 0.6 is 0 Å². The van der Waals surface area contributed by atoms with E-state index in [1.54, 1.807) is 26.0 Å². The minimum Gasteiger partial charge on any atom is -0.427 e. The highest BCUT2D eigenvalue weighted by Gasteiger charge is 2.13. The van der Waals surface area contributed by atoms with Crippen molar-refractivity contribution in [3.63, 3.8) is 0 Å². The van der Waals surface area contributed by atoms with Crippen LogP contribution in [0.3, 0.4) is 0 Å². The third-order valence-corrected chi connectivity index (χ3v) is 1.82. The van der Waals surface area contributed by atoms with Crippen LogP contribution in [0.5, 0.6) is 5.75 Å². The number of rotatable bonds is 3. The molecule has 0 spiro atoms. The van der Waals surface area contributed by atoms with Gasteiger partial charge in [0.2, 0.25) is 0 Å². The minimum atomic E-state index is -0.719. The molecule has 1 rings (SSSR count). The molecule has 0 saturated heterocycles. The summed E-state index contributed by atoms with van der Waals surface area (Å²) in [5, 5.41) is 9.60. The van der Waals surface area contributed by atoms with Gasteiger partial charge in [0, 0.05) is 13.3 Å². The quantitative estimate of drug-likeness (QED) is 0.609. The second-order valence-electron chi connectivity index (χ2n) is 4.23. The predicted molar refractivity (Wildman–Crippen MR) is 57.8 cm³/mol. The lowest BCUT2D eigenvalue weighted by atomic mass is 9.99. The Hall–Kier alpha value is -1.35. The van der Waals surface area contributed by atoms with Gasteiger partial charge >= 0.3 is 5.97 Å². The largest absolute Gasteiger partial charge is 0.427 e. The van der Waals surface area contributed by atoms with E-state index in [9.17, 15) is 9.90 Å². The first-order chi connectivity index (χ1) is 6.87. The Bertz CT molecular complexity index is 333. The molecule has 0 fully saturated rings. The van der Waals surface area contributed by atoms with Crippen LogP contribution in [0.2, 0.25) is 0 Å². The molecular weight excluding hydrogens is 192 g/mol. The van der Waals surface area contributed by atoms with Crippen molar-refractivity contribution in [1.82, 2.24) is 0 Å². The molecule has 0 radical (unpaired) electrons. The molecule has 1 N–H and O–H groups in total. The van der Waals surface area contributed by atoms with E-state index in [-0.39, 0.29) is 5.97 Å². The molecule has 0 atom stereocenters. The molecule has 0 saturated carbocycles. The Morgan fingerprint density at radius 2 is 1.87 bits per heavy atom. The Balaban J connectivity index is 2.68. The fraction of sp³-hybridized carbons (Fsp3) is 0.417. The van der Waals surface area contributed by atoms with E-state index < -0.39 is 5.60 Å². The first kappa shape index (κ1) is 11.7. The van der Waals surface area contributed by atoms with Gasteiger partial charge in [0.1, 0.15) is 5.75 Å². The molecule has 0 aliphatic carbocycles. The lowest BCUT2D eigenvalue weighted by Gasteiger charge is -2.16. The van der Waals surface area contributed by atoms with E-state index in [0.29, 0.717) is 12.2 Å². The van der Waals surface area contributed by atoms with Crippen molar-refractivity contribution in [2.75, 3.05) is 0 Å². The monoisotopic (exact) mass is 208 g/mol.